The molecule has 0 amide bonds. The summed E-state index contributed by atoms with van der Waals surface area (Å²) in [6.45, 7) is 13.7. The zero-order valence-electron chi connectivity index (χ0n) is 39.9. The van der Waals surface area contributed by atoms with Crippen molar-refractivity contribution in [1.82, 2.24) is 4.90 Å². The van der Waals surface area contributed by atoms with Gasteiger partial charge in [-0.25, -0.2) is 4.79 Å². The average Bonchev–Trinajstić information content (AvgIpc) is 3.24. The first kappa shape index (κ1) is 58.5. The molecule has 10 nitrogen and oxygen atoms in total. The molecule has 0 saturated carbocycles. The molecule has 0 aromatic heterocycles. The Morgan fingerprint density at radius 2 is 0.817 bits per heavy atom. The summed E-state index contributed by atoms with van der Waals surface area (Å²) in [7, 11) is 0. The topological polar surface area (TPSA) is 113 Å². The molecular formula is C50H99NO9. The molecule has 0 aromatic carbocycles. The Balaban J connectivity index is 4.36. The standard InChI is InChI=1S/C50H99NO9/c1-4-7-10-13-16-17-18-22-28-35-49(53)58-40-32-25-30-37-51(38-42-55-44-46-57-47-45-56-43-39-52)36-29-23-19-24-31-41-59-50(54)60-48(33-26-20-14-11-8-5-2)34-27-21-15-12-9-6-3/h48,52H,4-47H2,1-3H3. The first-order chi connectivity index (χ1) is 29.6. The van der Waals surface area contributed by atoms with Crippen LogP contribution in [-0.4, -0.2) is 107 Å². The minimum atomic E-state index is -0.485. The van der Waals surface area contributed by atoms with Crippen LogP contribution < -0.4 is 0 Å². The Hall–Kier alpha value is -1.46. The van der Waals surface area contributed by atoms with E-state index in [-0.39, 0.29) is 18.7 Å². The van der Waals surface area contributed by atoms with Crippen molar-refractivity contribution in [2.75, 3.05) is 79.1 Å². The molecule has 0 unspecified atom stereocenters. The maximum absolute atomic E-state index is 12.6. The molecule has 0 atom stereocenters. The Morgan fingerprint density at radius 3 is 1.33 bits per heavy atom. The third-order valence-corrected chi connectivity index (χ3v) is 11.3. The molecule has 1 N–H and O–H groups in total. The summed E-state index contributed by atoms with van der Waals surface area (Å²) >= 11 is 0. The van der Waals surface area contributed by atoms with Crippen LogP contribution in [0.1, 0.15) is 226 Å². The third-order valence-electron chi connectivity index (χ3n) is 11.3. The van der Waals surface area contributed by atoms with Gasteiger partial charge in [0.1, 0.15) is 6.10 Å². The van der Waals surface area contributed by atoms with Gasteiger partial charge in [-0.15, -0.1) is 0 Å². The van der Waals surface area contributed by atoms with Gasteiger partial charge in [0.05, 0.1) is 59.5 Å². The van der Waals surface area contributed by atoms with Crippen LogP contribution in [0, 0.1) is 0 Å². The van der Waals surface area contributed by atoms with E-state index in [1.54, 1.807) is 0 Å². The molecule has 0 aliphatic carbocycles. The van der Waals surface area contributed by atoms with Crippen LogP contribution >= 0.6 is 0 Å². The summed E-state index contributed by atoms with van der Waals surface area (Å²) < 4.78 is 33.5. The third kappa shape index (κ3) is 46.1. The number of rotatable bonds is 50. The highest BCUT2D eigenvalue weighted by Crippen LogP contribution is 2.18. The van der Waals surface area contributed by atoms with Gasteiger partial charge >= 0.3 is 12.1 Å². The zero-order valence-corrected chi connectivity index (χ0v) is 39.9. The number of hydrogen-bond donors (Lipinski definition) is 1. The molecule has 0 heterocycles. The second-order valence-corrected chi connectivity index (χ2v) is 17.0. The van der Waals surface area contributed by atoms with Crippen molar-refractivity contribution in [1.29, 1.82) is 0 Å². The monoisotopic (exact) mass is 858 g/mol. The number of hydrogen-bond acceptors (Lipinski definition) is 10. The lowest BCUT2D eigenvalue weighted by Gasteiger charge is -2.22. The number of aliphatic hydroxyl groups excluding tert-OH is 1. The average molecular weight is 858 g/mol. The number of carbonyl (C=O) groups is 2. The van der Waals surface area contributed by atoms with E-state index in [9.17, 15) is 9.59 Å². The summed E-state index contributed by atoms with van der Waals surface area (Å²) in [4.78, 5) is 27.3. The number of aliphatic hydroxyl groups is 1. The van der Waals surface area contributed by atoms with E-state index in [4.69, 9.17) is 33.5 Å². The van der Waals surface area contributed by atoms with E-state index in [2.05, 4.69) is 25.7 Å². The molecule has 0 saturated heterocycles. The van der Waals surface area contributed by atoms with Gasteiger partial charge in [0.2, 0.25) is 0 Å². The van der Waals surface area contributed by atoms with Crippen LogP contribution in [0.3, 0.4) is 0 Å². The fraction of sp³-hybridized carbons (Fsp3) is 0.960. The van der Waals surface area contributed by atoms with Gasteiger partial charge in [-0.2, -0.15) is 0 Å². The van der Waals surface area contributed by atoms with Crippen LogP contribution in [0.4, 0.5) is 4.79 Å². The second kappa shape index (κ2) is 50.2. The summed E-state index contributed by atoms with van der Waals surface area (Å²) in [5.74, 6) is -0.0453. The first-order valence-electron chi connectivity index (χ1n) is 25.6. The number of carbonyl (C=O) groups excluding carboxylic acids is 2. The summed E-state index contributed by atoms with van der Waals surface area (Å²) in [5, 5.41) is 8.79. The Bertz CT molecular complexity index is 848. The van der Waals surface area contributed by atoms with Crippen LogP contribution in [0.15, 0.2) is 0 Å². The van der Waals surface area contributed by atoms with Crippen molar-refractivity contribution in [2.24, 2.45) is 0 Å². The SMILES string of the molecule is CCCCCCCCCCCC(=O)OCCCCCN(CCCCCCCOC(=O)OC(CCCCCCCC)CCCCCCCC)CCOCCOCCOCCO. The Labute approximate surface area is 370 Å². The Morgan fingerprint density at radius 1 is 0.417 bits per heavy atom. The molecule has 10 heteroatoms. The van der Waals surface area contributed by atoms with E-state index in [0.29, 0.717) is 59.3 Å². The van der Waals surface area contributed by atoms with Crippen molar-refractivity contribution >= 4 is 12.1 Å². The van der Waals surface area contributed by atoms with Gasteiger partial charge < -0.3 is 38.4 Å². The van der Waals surface area contributed by atoms with Crippen LogP contribution in [0.5, 0.6) is 0 Å². The highest BCUT2D eigenvalue weighted by molar-refractivity contribution is 5.69. The fourth-order valence-electron chi connectivity index (χ4n) is 7.45. The van der Waals surface area contributed by atoms with Gasteiger partial charge in [-0.05, 0) is 77.3 Å². The van der Waals surface area contributed by atoms with Gasteiger partial charge in [-0.1, -0.05) is 156 Å². The second-order valence-electron chi connectivity index (χ2n) is 17.0. The largest absolute Gasteiger partial charge is 0.508 e. The van der Waals surface area contributed by atoms with Crippen LogP contribution in [0.2, 0.25) is 0 Å². The van der Waals surface area contributed by atoms with Gasteiger partial charge in [0.15, 0.2) is 0 Å². The molecule has 0 bridgehead atoms. The number of ether oxygens (including phenoxy) is 6. The molecule has 0 fully saturated rings. The molecular weight excluding hydrogens is 759 g/mol. The normalized spacial score (nSPS) is 11.6. The van der Waals surface area contributed by atoms with E-state index < -0.39 is 6.16 Å². The summed E-state index contributed by atoms with van der Waals surface area (Å²) in [6.07, 6.45) is 36.4. The van der Waals surface area contributed by atoms with Gasteiger partial charge in [0.25, 0.3) is 0 Å². The van der Waals surface area contributed by atoms with Crippen LogP contribution in [-0.2, 0) is 33.2 Å². The van der Waals surface area contributed by atoms with Crippen molar-refractivity contribution < 1.29 is 43.1 Å². The lowest BCUT2D eigenvalue weighted by atomic mass is 10.0. The van der Waals surface area contributed by atoms with E-state index in [1.807, 2.05) is 0 Å². The molecule has 0 rings (SSSR count). The fourth-order valence-corrected chi connectivity index (χ4v) is 7.45. The molecule has 0 spiro atoms. The minimum Gasteiger partial charge on any atom is -0.466 e. The van der Waals surface area contributed by atoms with Crippen molar-refractivity contribution in [3.05, 3.63) is 0 Å². The maximum atomic E-state index is 12.6. The number of nitrogens with zero attached hydrogens (tertiary/aromatic N) is 1. The molecule has 60 heavy (non-hydrogen) atoms. The predicted octanol–water partition coefficient (Wildman–Crippen LogP) is 12.9. The van der Waals surface area contributed by atoms with E-state index >= 15 is 0 Å². The van der Waals surface area contributed by atoms with Crippen molar-refractivity contribution in [3.63, 3.8) is 0 Å². The molecule has 358 valence electrons. The lowest BCUT2D eigenvalue weighted by Crippen LogP contribution is -2.30. The number of esters is 1. The van der Waals surface area contributed by atoms with Gasteiger partial charge in [-0.3, -0.25) is 4.79 Å². The lowest BCUT2D eigenvalue weighted by molar-refractivity contribution is -0.143. The summed E-state index contributed by atoms with van der Waals surface area (Å²) in [5.41, 5.74) is 0. The van der Waals surface area contributed by atoms with E-state index in [1.165, 1.54) is 109 Å². The molecule has 0 radical (unpaired) electrons. The van der Waals surface area contributed by atoms with Crippen molar-refractivity contribution in [2.45, 2.75) is 232 Å². The van der Waals surface area contributed by atoms with Gasteiger partial charge in [0, 0.05) is 13.0 Å². The molecule has 0 aliphatic heterocycles. The quantitative estimate of drug-likeness (QED) is 0.0469. The van der Waals surface area contributed by atoms with Crippen molar-refractivity contribution in [3.8, 4) is 0 Å². The first-order valence-corrected chi connectivity index (χ1v) is 25.6. The highest BCUT2D eigenvalue weighted by Gasteiger charge is 2.15. The van der Waals surface area contributed by atoms with E-state index in [0.717, 1.165) is 110 Å². The highest BCUT2D eigenvalue weighted by atomic mass is 16.7. The molecule has 0 aliphatic rings. The van der Waals surface area contributed by atoms with Crippen LogP contribution in [0.25, 0.3) is 0 Å². The molecule has 0 aromatic rings. The maximum Gasteiger partial charge on any atom is 0.508 e. The zero-order chi connectivity index (χ0) is 43.7. The Kier molecular flexibility index (Phi) is 49.0. The summed E-state index contributed by atoms with van der Waals surface area (Å²) in [6, 6.07) is 0. The number of unbranched alkanes of at least 4 members (excludes halogenated alkanes) is 24. The minimum absolute atomic E-state index is 0.0174. The predicted molar refractivity (Wildman–Crippen MR) is 248 cm³/mol. The smallest absolute Gasteiger partial charge is 0.466 e.